The zero-order valence-corrected chi connectivity index (χ0v) is 19.6. The van der Waals surface area contributed by atoms with E-state index < -0.39 is 64.5 Å². The van der Waals surface area contributed by atoms with Crippen LogP contribution >= 0.6 is 0 Å². The molecule has 36 heavy (non-hydrogen) atoms. The minimum atomic E-state index is -3.65. The molecular weight excluding hydrogens is 492 g/mol. The van der Waals surface area contributed by atoms with Gasteiger partial charge < -0.3 is 4.74 Å². The van der Waals surface area contributed by atoms with Gasteiger partial charge in [-0.3, -0.25) is 0 Å². The maximum Gasteiger partial charge on any atom is 0.400 e. The van der Waals surface area contributed by atoms with Gasteiger partial charge in [0.25, 0.3) is 0 Å². The van der Waals surface area contributed by atoms with Crippen LogP contribution in [0.5, 0.6) is 5.75 Å². The van der Waals surface area contributed by atoms with Gasteiger partial charge in [0.1, 0.15) is 23.2 Å². The highest BCUT2D eigenvalue weighted by Crippen LogP contribution is 2.48. The summed E-state index contributed by atoms with van der Waals surface area (Å²) in [5, 5.41) is 0. The second-order valence-corrected chi connectivity index (χ2v) is 9.66. The molecule has 2 atom stereocenters. The van der Waals surface area contributed by atoms with Crippen LogP contribution in [0.1, 0.15) is 51.9 Å². The van der Waals surface area contributed by atoms with E-state index in [0.717, 1.165) is 12.1 Å². The van der Waals surface area contributed by atoms with Gasteiger partial charge in [0.15, 0.2) is 17.5 Å². The third-order valence-electron chi connectivity index (χ3n) is 7.54. The Morgan fingerprint density at radius 1 is 0.778 bits per heavy atom. The van der Waals surface area contributed by atoms with Gasteiger partial charge in [-0.15, -0.1) is 0 Å². The van der Waals surface area contributed by atoms with Gasteiger partial charge in [0.05, 0.1) is 5.92 Å². The number of allylic oxidation sites excluding steroid dienone is 2. The third-order valence-corrected chi connectivity index (χ3v) is 7.54. The normalized spacial score (nSPS) is 25.2. The zero-order valence-electron chi connectivity index (χ0n) is 19.6. The van der Waals surface area contributed by atoms with Crippen LogP contribution in [0.2, 0.25) is 0 Å². The topological polar surface area (TPSA) is 9.23 Å². The van der Waals surface area contributed by atoms with Crippen molar-refractivity contribution < 1.29 is 39.9 Å². The predicted octanol–water partition coefficient (Wildman–Crippen LogP) is 9.27. The molecule has 196 valence electrons. The van der Waals surface area contributed by atoms with Crippen molar-refractivity contribution in [3.05, 3.63) is 65.3 Å². The number of hydrogen-bond acceptors (Lipinski definition) is 1. The van der Waals surface area contributed by atoms with Crippen LogP contribution in [0.25, 0.3) is 11.1 Å². The molecule has 9 heteroatoms. The molecule has 2 unspecified atom stereocenters. The van der Waals surface area contributed by atoms with E-state index in [2.05, 4.69) is 0 Å². The number of benzene rings is 2. The van der Waals surface area contributed by atoms with Gasteiger partial charge in [-0.25, -0.2) is 26.3 Å². The first-order chi connectivity index (χ1) is 17.0. The molecule has 2 aromatic rings. The molecular formula is C27H26F8O. The summed E-state index contributed by atoms with van der Waals surface area (Å²) in [7, 11) is 0. The first-order valence-corrected chi connectivity index (χ1v) is 12.1. The van der Waals surface area contributed by atoms with Crippen LogP contribution in [0, 0.1) is 46.9 Å². The molecule has 1 fully saturated rings. The van der Waals surface area contributed by atoms with Gasteiger partial charge in [0, 0.05) is 23.5 Å². The number of rotatable bonds is 6. The molecule has 2 aromatic carbocycles. The van der Waals surface area contributed by atoms with E-state index in [1.165, 1.54) is 0 Å². The van der Waals surface area contributed by atoms with Gasteiger partial charge in [-0.05, 0) is 80.7 Å². The second kappa shape index (κ2) is 10.4. The Kier molecular flexibility index (Phi) is 7.67. The smallest absolute Gasteiger partial charge is 0.400 e. The fraction of sp³-hybridized carbons (Fsp3) is 0.481. The number of hydrogen-bond donors (Lipinski definition) is 0. The summed E-state index contributed by atoms with van der Waals surface area (Å²) < 4.78 is 118. The summed E-state index contributed by atoms with van der Waals surface area (Å²) in [5.74, 6) is -10.2. The number of ether oxygens (including phenoxy) is 1. The summed E-state index contributed by atoms with van der Waals surface area (Å²) in [6.07, 6.45) is -1.44. The van der Waals surface area contributed by atoms with Crippen molar-refractivity contribution >= 4 is 0 Å². The largest absolute Gasteiger partial charge is 0.432 e. The first kappa shape index (κ1) is 26.5. The molecule has 0 amide bonds. The summed E-state index contributed by atoms with van der Waals surface area (Å²) in [5.41, 5.74) is -0.615. The van der Waals surface area contributed by atoms with Crippen molar-refractivity contribution in [2.75, 3.05) is 0 Å². The molecule has 0 aliphatic heterocycles. The van der Waals surface area contributed by atoms with E-state index in [0.29, 0.717) is 50.3 Å². The lowest BCUT2D eigenvalue weighted by molar-refractivity contribution is -0.224. The van der Waals surface area contributed by atoms with E-state index in [1.807, 2.05) is 0 Å². The molecule has 1 nitrogen and oxygen atoms in total. The Morgan fingerprint density at radius 2 is 1.42 bits per heavy atom. The molecule has 0 radical (unpaired) electrons. The Hall–Kier alpha value is -2.58. The molecule has 0 heterocycles. The molecule has 0 aromatic heterocycles. The van der Waals surface area contributed by atoms with Crippen molar-refractivity contribution in [3.8, 4) is 16.9 Å². The highest BCUT2D eigenvalue weighted by molar-refractivity contribution is 5.65. The van der Waals surface area contributed by atoms with Crippen molar-refractivity contribution in [2.45, 2.75) is 58.0 Å². The summed E-state index contributed by atoms with van der Waals surface area (Å²) in [6, 6.07) is 3.92. The van der Waals surface area contributed by atoms with Gasteiger partial charge in [-0.2, -0.15) is 8.78 Å². The fourth-order valence-electron chi connectivity index (χ4n) is 5.43. The van der Waals surface area contributed by atoms with Crippen LogP contribution in [-0.2, 0) is 0 Å². The summed E-state index contributed by atoms with van der Waals surface area (Å²) in [6.45, 7) is 1.80. The Balaban J connectivity index is 1.41. The maximum atomic E-state index is 14.9. The monoisotopic (exact) mass is 518 g/mol. The molecule has 0 bridgehead atoms. The average molecular weight is 518 g/mol. The van der Waals surface area contributed by atoms with E-state index in [1.54, 1.807) is 6.92 Å². The fourth-order valence-corrected chi connectivity index (χ4v) is 5.43. The minimum absolute atomic E-state index is 0.0367. The molecule has 2 aliphatic carbocycles. The lowest BCUT2D eigenvalue weighted by Crippen LogP contribution is -2.38. The molecule has 0 saturated heterocycles. The predicted molar refractivity (Wildman–Crippen MR) is 118 cm³/mol. The SMILES string of the molecule is CCC1CCC(C2CCC(C(F)(F)Oc3ccc(-c4cc(F)c(F)c(F)c4)c(F)c3)CC2)C(F)=C1F. The van der Waals surface area contributed by atoms with Crippen molar-refractivity contribution in [2.24, 2.45) is 23.7 Å². The molecule has 0 spiro atoms. The number of halogens is 8. The standard InChI is InChI=1S/C27H26F8O/c1-2-14-5-9-20(25(32)24(14)31)15-3-6-17(7-4-15)27(34,35)36-18-8-10-19(21(28)13-18)16-11-22(29)26(33)23(30)12-16/h8,10-15,17,20H,2-7,9H2,1H3. The van der Waals surface area contributed by atoms with Gasteiger partial charge in [0.2, 0.25) is 0 Å². The molecule has 4 rings (SSSR count). The van der Waals surface area contributed by atoms with Crippen LogP contribution < -0.4 is 4.74 Å². The minimum Gasteiger partial charge on any atom is -0.432 e. The first-order valence-electron chi connectivity index (χ1n) is 12.1. The van der Waals surface area contributed by atoms with E-state index in [-0.39, 0.29) is 29.9 Å². The van der Waals surface area contributed by atoms with Gasteiger partial charge in [-0.1, -0.05) is 6.92 Å². The van der Waals surface area contributed by atoms with Gasteiger partial charge >= 0.3 is 6.11 Å². The Bertz CT molecular complexity index is 1110. The third kappa shape index (κ3) is 5.25. The van der Waals surface area contributed by atoms with Crippen molar-refractivity contribution in [3.63, 3.8) is 0 Å². The molecule has 1 saturated carbocycles. The van der Waals surface area contributed by atoms with Crippen molar-refractivity contribution in [1.82, 2.24) is 0 Å². The quantitative estimate of drug-likeness (QED) is 0.274. The summed E-state index contributed by atoms with van der Waals surface area (Å²) >= 11 is 0. The lowest BCUT2D eigenvalue weighted by atomic mass is 9.70. The zero-order chi connectivity index (χ0) is 26.2. The molecule has 2 aliphatic rings. The highest BCUT2D eigenvalue weighted by Gasteiger charge is 2.46. The van der Waals surface area contributed by atoms with Crippen molar-refractivity contribution in [1.29, 1.82) is 0 Å². The number of alkyl halides is 2. The van der Waals surface area contributed by atoms with Crippen LogP contribution in [0.4, 0.5) is 35.1 Å². The average Bonchev–Trinajstić information content (AvgIpc) is 2.84. The second-order valence-electron chi connectivity index (χ2n) is 9.66. The van der Waals surface area contributed by atoms with E-state index in [9.17, 15) is 35.1 Å². The Labute approximate surface area is 204 Å². The maximum absolute atomic E-state index is 14.9. The molecule has 0 N–H and O–H groups in total. The Morgan fingerprint density at radius 3 is 2.00 bits per heavy atom. The van der Waals surface area contributed by atoms with E-state index in [4.69, 9.17) is 4.74 Å². The van der Waals surface area contributed by atoms with Crippen LogP contribution in [0.15, 0.2) is 42.0 Å². The van der Waals surface area contributed by atoms with Crippen LogP contribution in [-0.4, -0.2) is 6.11 Å². The van der Waals surface area contributed by atoms with E-state index >= 15 is 0 Å². The van der Waals surface area contributed by atoms with Crippen LogP contribution in [0.3, 0.4) is 0 Å². The highest BCUT2D eigenvalue weighted by atomic mass is 19.3. The lowest BCUT2D eigenvalue weighted by Gasteiger charge is -2.38. The summed E-state index contributed by atoms with van der Waals surface area (Å²) in [4.78, 5) is 0.